The minimum absolute atomic E-state index is 0.0948. The minimum Gasteiger partial charge on any atom is -0.505 e. The van der Waals surface area contributed by atoms with Gasteiger partial charge in [-0.1, -0.05) is 86.1 Å². The van der Waals surface area contributed by atoms with Crippen LogP contribution < -0.4 is 5.73 Å². The number of halogens is 3. The summed E-state index contributed by atoms with van der Waals surface area (Å²) in [5.41, 5.74) is 7.35. The smallest absolute Gasteiger partial charge is 0.164 e. The number of phenols is 1. The molecule has 0 radical (unpaired) electrons. The fourth-order valence-corrected chi connectivity index (χ4v) is 3.66. The number of hydrogen-bond acceptors (Lipinski definition) is 5. The Morgan fingerprint density at radius 3 is 2.21 bits per heavy atom. The number of nitrogens with two attached hydrogens (primary N) is 1. The van der Waals surface area contributed by atoms with Crippen LogP contribution in [0.4, 0.5) is 4.39 Å². The summed E-state index contributed by atoms with van der Waals surface area (Å²) in [6.45, 7) is 15.9. The molecule has 0 fully saturated rings. The number of carbonyl (C=O) groups excluding carboxylic acids is 1. The van der Waals surface area contributed by atoms with Crippen LogP contribution >= 0.6 is 23.2 Å². The number of rotatable bonds is 11. The number of phenolic OH excluding ortho intramolecular Hbond substituents is 1. The Morgan fingerprint density at radius 1 is 1.16 bits per heavy atom. The van der Waals surface area contributed by atoms with E-state index in [-0.39, 0.29) is 11.9 Å². The molecule has 0 amide bonds. The zero-order valence-electron chi connectivity index (χ0n) is 23.2. The van der Waals surface area contributed by atoms with Gasteiger partial charge in [0.15, 0.2) is 11.6 Å². The molecule has 2 aromatic carbocycles. The summed E-state index contributed by atoms with van der Waals surface area (Å²) in [7, 11) is 1.50. The molecule has 0 aliphatic carbocycles. The average Bonchev–Trinajstić information content (AvgIpc) is 2.96. The molecule has 5 nitrogen and oxygen atoms in total. The lowest BCUT2D eigenvalue weighted by molar-refractivity contribution is -0.0980. The molecule has 0 bridgehead atoms. The predicted molar refractivity (Wildman–Crippen MR) is 160 cm³/mol. The van der Waals surface area contributed by atoms with Crippen LogP contribution in [0.1, 0.15) is 44.7 Å². The molecule has 1 atom stereocenters. The normalized spacial score (nSPS) is 11.8. The molecule has 0 saturated carbocycles. The van der Waals surface area contributed by atoms with Gasteiger partial charge in [-0.2, -0.15) is 0 Å². The lowest BCUT2D eigenvalue weighted by atomic mass is 10.2. The van der Waals surface area contributed by atoms with Gasteiger partial charge in [-0.15, -0.1) is 0 Å². The highest BCUT2D eigenvalue weighted by Crippen LogP contribution is 2.27. The van der Waals surface area contributed by atoms with Gasteiger partial charge in [0.2, 0.25) is 0 Å². The SMILES string of the molecule is C=C/C(Cl)=C(\C(Cl)=C/C)N(CCC)CC(CC)OCc1ccccc1.C=O.CN.Cc1ccc(F)c(O)c1. The minimum atomic E-state index is -0.569. The summed E-state index contributed by atoms with van der Waals surface area (Å²) in [4.78, 5) is 10.2. The molecule has 0 aliphatic heterocycles. The molecule has 38 heavy (non-hydrogen) atoms. The molecule has 0 spiro atoms. The van der Waals surface area contributed by atoms with Gasteiger partial charge < -0.3 is 25.3 Å². The third kappa shape index (κ3) is 14.9. The van der Waals surface area contributed by atoms with Crippen LogP contribution in [0.5, 0.6) is 5.75 Å². The fraction of sp³-hybridized carbons (Fsp3) is 0.367. The monoisotopic (exact) mass is 568 g/mol. The van der Waals surface area contributed by atoms with Gasteiger partial charge in [0.1, 0.15) is 6.79 Å². The maximum absolute atomic E-state index is 12.2. The van der Waals surface area contributed by atoms with Crippen molar-refractivity contribution in [2.75, 3.05) is 20.1 Å². The van der Waals surface area contributed by atoms with Crippen LogP contribution in [0.3, 0.4) is 0 Å². The van der Waals surface area contributed by atoms with E-state index in [1.807, 2.05) is 38.0 Å². The second-order valence-corrected chi connectivity index (χ2v) is 8.58. The summed E-state index contributed by atoms with van der Waals surface area (Å²) in [6, 6.07) is 14.5. The number of benzene rings is 2. The zero-order chi connectivity index (χ0) is 29.5. The van der Waals surface area contributed by atoms with E-state index in [0.29, 0.717) is 16.7 Å². The predicted octanol–water partition coefficient (Wildman–Crippen LogP) is 7.70. The van der Waals surface area contributed by atoms with E-state index < -0.39 is 5.82 Å². The largest absolute Gasteiger partial charge is 0.505 e. The second kappa shape index (κ2) is 23.5. The average molecular weight is 570 g/mol. The first-order chi connectivity index (χ1) is 18.3. The van der Waals surface area contributed by atoms with Crippen molar-refractivity contribution in [3.63, 3.8) is 0 Å². The Kier molecular flexibility index (Phi) is 23.2. The van der Waals surface area contributed by atoms with Gasteiger partial charge in [0, 0.05) is 13.1 Å². The van der Waals surface area contributed by atoms with Crippen molar-refractivity contribution in [2.24, 2.45) is 5.73 Å². The van der Waals surface area contributed by atoms with E-state index in [0.717, 1.165) is 37.2 Å². The van der Waals surface area contributed by atoms with Crippen molar-refractivity contribution < 1.29 is 19.0 Å². The highest BCUT2D eigenvalue weighted by atomic mass is 35.5. The van der Waals surface area contributed by atoms with Crippen molar-refractivity contribution in [1.82, 2.24) is 4.90 Å². The summed E-state index contributed by atoms with van der Waals surface area (Å²) in [6.07, 6.45) is 5.50. The van der Waals surface area contributed by atoms with Crippen molar-refractivity contribution in [2.45, 2.75) is 53.2 Å². The molecule has 3 N–H and O–H groups in total. The topological polar surface area (TPSA) is 75.8 Å². The van der Waals surface area contributed by atoms with Crippen molar-refractivity contribution in [3.05, 3.63) is 100.0 Å². The Hall–Kier alpha value is -2.64. The summed E-state index contributed by atoms with van der Waals surface area (Å²) in [5.74, 6) is -0.851. The molecule has 0 aromatic heterocycles. The zero-order valence-corrected chi connectivity index (χ0v) is 24.7. The van der Waals surface area contributed by atoms with Gasteiger partial charge in [-0.3, -0.25) is 0 Å². The van der Waals surface area contributed by atoms with Crippen molar-refractivity contribution in [3.8, 4) is 5.75 Å². The third-order valence-corrected chi connectivity index (χ3v) is 5.73. The number of hydrogen-bond donors (Lipinski definition) is 2. The first kappa shape index (κ1) is 37.5. The number of aryl methyl sites for hydroxylation is 1. The number of allylic oxidation sites excluding steroid dienone is 4. The van der Waals surface area contributed by atoms with E-state index in [4.69, 9.17) is 37.8 Å². The van der Waals surface area contributed by atoms with Gasteiger partial charge >= 0.3 is 0 Å². The maximum atomic E-state index is 12.2. The number of ether oxygens (including phenoxy) is 1. The number of carbonyl (C=O) groups is 1. The van der Waals surface area contributed by atoms with Crippen LogP contribution in [0.2, 0.25) is 0 Å². The summed E-state index contributed by atoms with van der Waals surface area (Å²) in [5, 5.41) is 9.92. The van der Waals surface area contributed by atoms with Crippen molar-refractivity contribution >= 4 is 30.0 Å². The first-order valence-electron chi connectivity index (χ1n) is 12.3. The molecule has 1 unspecified atom stereocenters. The van der Waals surface area contributed by atoms with E-state index in [1.54, 1.807) is 19.1 Å². The van der Waals surface area contributed by atoms with E-state index >= 15 is 0 Å². The van der Waals surface area contributed by atoms with E-state index in [1.165, 1.54) is 24.7 Å². The lowest BCUT2D eigenvalue weighted by Gasteiger charge is -2.31. The second-order valence-electron chi connectivity index (χ2n) is 7.77. The molecule has 2 rings (SSSR count). The quantitative estimate of drug-likeness (QED) is 0.271. The van der Waals surface area contributed by atoms with Crippen LogP contribution in [-0.4, -0.2) is 43.0 Å². The molecule has 212 valence electrons. The van der Waals surface area contributed by atoms with E-state index in [2.05, 4.69) is 43.2 Å². The van der Waals surface area contributed by atoms with Gasteiger partial charge in [0.25, 0.3) is 0 Å². The number of aromatic hydroxyl groups is 1. The van der Waals surface area contributed by atoms with Crippen molar-refractivity contribution in [1.29, 1.82) is 0 Å². The van der Waals surface area contributed by atoms with Crippen LogP contribution in [0, 0.1) is 12.7 Å². The Morgan fingerprint density at radius 2 is 1.76 bits per heavy atom. The first-order valence-corrected chi connectivity index (χ1v) is 13.1. The fourth-order valence-electron chi connectivity index (χ4n) is 3.17. The summed E-state index contributed by atoms with van der Waals surface area (Å²) < 4.78 is 18.4. The molecule has 8 heteroatoms. The highest BCUT2D eigenvalue weighted by Gasteiger charge is 2.19. The van der Waals surface area contributed by atoms with Gasteiger partial charge in [-0.25, -0.2) is 4.39 Å². The van der Waals surface area contributed by atoms with E-state index in [9.17, 15) is 4.39 Å². The van der Waals surface area contributed by atoms with Crippen LogP contribution in [-0.2, 0) is 16.1 Å². The summed E-state index contributed by atoms with van der Waals surface area (Å²) >= 11 is 12.8. The molecule has 0 aliphatic rings. The van der Waals surface area contributed by atoms with Crippen LogP contribution in [0.15, 0.2) is 83.0 Å². The molecular weight excluding hydrogens is 526 g/mol. The molecule has 0 heterocycles. The Balaban J connectivity index is 0. The molecule has 2 aromatic rings. The van der Waals surface area contributed by atoms with Crippen LogP contribution in [0.25, 0.3) is 0 Å². The highest BCUT2D eigenvalue weighted by molar-refractivity contribution is 6.36. The maximum Gasteiger partial charge on any atom is 0.164 e. The molecular formula is C30H43Cl2FN2O3. The third-order valence-electron chi connectivity index (χ3n) is 5.00. The van der Waals surface area contributed by atoms with Gasteiger partial charge in [-0.05, 0) is 63.1 Å². The molecule has 0 saturated heterocycles. The van der Waals surface area contributed by atoms with Gasteiger partial charge in [0.05, 0.1) is 28.5 Å². The standard InChI is InChI=1S/C21H29Cl2NO.C7H7FO.CH5N.CH2O/c1-5-14-24(21(19(22)7-3)20(23)8-4)15-18(6-2)25-16-17-12-10-9-11-13-17;1-5-2-3-6(8)7(9)4-5;2*1-2/h7-13,18H,3,5-6,14-16H2,1-2,4H3;2-4,9H,1H3;2H2,1H3;1H2/b20-8+,21-19-;;;. The Bertz CT molecular complexity index is 969. The lowest BCUT2D eigenvalue weighted by Crippen LogP contribution is -2.34. The number of nitrogens with zero attached hydrogens (tertiary/aromatic N) is 1. The Labute approximate surface area is 238 Å².